The number of pyridine rings is 2. The summed E-state index contributed by atoms with van der Waals surface area (Å²) in [6.07, 6.45) is 5.50. The van der Waals surface area contributed by atoms with Gasteiger partial charge in [0.2, 0.25) is 10.0 Å². The number of unbranched alkanes of at least 4 members (excludes halogenated alkanes) is 1. The smallest absolute Gasteiger partial charge is 0.252 e. The molecule has 39 heavy (non-hydrogen) atoms. The van der Waals surface area contributed by atoms with Gasteiger partial charge in [0.15, 0.2) is 11.5 Å². The highest BCUT2D eigenvalue weighted by atomic mass is 32.2. The molecule has 0 atom stereocenters. The number of methoxy groups -OCH3 is 2. The van der Waals surface area contributed by atoms with Crippen molar-refractivity contribution in [2.75, 3.05) is 27.3 Å². The summed E-state index contributed by atoms with van der Waals surface area (Å²) >= 11 is 0. The third kappa shape index (κ3) is 6.71. The largest absolute Gasteiger partial charge is 0.493 e. The van der Waals surface area contributed by atoms with Crippen LogP contribution in [0.2, 0.25) is 0 Å². The average molecular weight is 549 g/mol. The Balaban J connectivity index is 1.65. The van der Waals surface area contributed by atoms with Crippen LogP contribution in [0.3, 0.4) is 0 Å². The van der Waals surface area contributed by atoms with Crippen molar-refractivity contribution in [3.63, 3.8) is 0 Å². The molecule has 204 valence electrons. The molecule has 2 aromatic heterocycles. The first-order chi connectivity index (χ1) is 18.9. The van der Waals surface area contributed by atoms with E-state index in [0.717, 1.165) is 24.0 Å². The summed E-state index contributed by atoms with van der Waals surface area (Å²) in [5.74, 6) is 0.914. The van der Waals surface area contributed by atoms with Crippen LogP contribution in [0.5, 0.6) is 11.5 Å². The lowest BCUT2D eigenvalue weighted by Crippen LogP contribution is -2.26. The molecular formula is C29H32N4O5S. The van der Waals surface area contributed by atoms with E-state index in [1.807, 2.05) is 31.2 Å². The van der Waals surface area contributed by atoms with Crippen LogP contribution in [0.1, 0.15) is 35.7 Å². The van der Waals surface area contributed by atoms with Gasteiger partial charge in [0.25, 0.3) is 5.91 Å². The van der Waals surface area contributed by atoms with E-state index in [0.29, 0.717) is 53.2 Å². The van der Waals surface area contributed by atoms with Crippen molar-refractivity contribution >= 4 is 26.8 Å². The van der Waals surface area contributed by atoms with E-state index in [4.69, 9.17) is 9.47 Å². The zero-order valence-corrected chi connectivity index (χ0v) is 23.0. The number of sulfonamides is 1. The summed E-state index contributed by atoms with van der Waals surface area (Å²) in [5.41, 5.74) is 3.12. The molecule has 0 saturated carbocycles. The summed E-state index contributed by atoms with van der Waals surface area (Å²) < 4.78 is 39.1. The summed E-state index contributed by atoms with van der Waals surface area (Å²) in [5, 5.41) is 3.41. The number of carbonyl (C=O) groups excluding carboxylic acids is 1. The van der Waals surface area contributed by atoms with Gasteiger partial charge in [-0.3, -0.25) is 9.78 Å². The van der Waals surface area contributed by atoms with E-state index in [9.17, 15) is 13.2 Å². The fourth-order valence-corrected chi connectivity index (χ4v) is 5.24. The van der Waals surface area contributed by atoms with E-state index in [1.54, 1.807) is 44.8 Å². The van der Waals surface area contributed by atoms with E-state index in [2.05, 4.69) is 20.0 Å². The minimum absolute atomic E-state index is 0.0846. The monoisotopic (exact) mass is 548 g/mol. The van der Waals surface area contributed by atoms with Crippen molar-refractivity contribution in [1.29, 1.82) is 0 Å². The van der Waals surface area contributed by atoms with Gasteiger partial charge in [0.1, 0.15) is 0 Å². The Morgan fingerprint density at radius 2 is 1.79 bits per heavy atom. The number of rotatable bonds is 12. The second-order valence-corrected chi connectivity index (χ2v) is 10.7. The van der Waals surface area contributed by atoms with Crippen molar-refractivity contribution < 1.29 is 22.7 Å². The van der Waals surface area contributed by atoms with Gasteiger partial charge in [-0.15, -0.1) is 0 Å². The van der Waals surface area contributed by atoms with Crippen molar-refractivity contribution in [1.82, 2.24) is 20.0 Å². The van der Waals surface area contributed by atoms with Crippen molar-refractivity contribution in [2.24, 2.45) is 0 Å². The molecule has 0 radical (unpaired) electrons. The molecule has 1 amide bonds. The normalized spacial score (nSPS) is 11.4. The van der Waals surface area contributed by atoms with Crippen LogP contribution in [0, 0.1) is 0 Å². The van der Waals surface area contributed by atoms with Crippen LogP contribution in [-0.4, -0.2) is 51.6 Å². The first-order valence-electron chi connectivity index (χ1n) is 12.7. The number of hydrogen-bond acceptors (Lipinski definition) is 7. The molecule has 2 aromatic carbocycles. The lowest BCUT2D eigenvalue weighted by Gasteiger charge is -2.13. The van der Waals surface area contributed by atoms with E-state index < -0.39 is 10.0 Å². The van der Waals surface area contributed by atoms with Crippen molar-refractivity contribution in [3.05, 3.63) is 78.1 Å². The van der Waals surface area contributed by atoms with E-state index in [1.165, 1.54) is 12.1 Å². The Morgan fingerprint density at radius 3 is 2.51 bits per heavy atom. The van der Waals surface area contributed by atoms with Crippen LogP contribution in [-0.2, 0) is 16.4 Å². The molecule has 2 N–H and O–H groups in total. The fourth-order valence-electron chi connectivity index (χ4n) is 4.14. The molecule has 0 fully saturated rings. The van der Waals surface area contributed by atoms with Crippen LogP contribution in [0.25, 0.3) is 22.2 Å². The predicted octanol–water partition coefficient (Wildman–Crippen LogP) is 4.36. The number of benzene rings is 2. The van der Waals surface area contributed by atoms with E-state index in [-0.39, 0.29) is 10.8 Å². The zero-order valence-electron chi connectivity index (χ0n) is 22.2. The van der Waals surface area contributed by atoms with Gasteiger partial charge in [-0.25, -0.2) is 18.1 Å². The van der Waals surface area contributed by atoms with Crippen LogP contribution in [0.15, 0.2) is 71.9 Å². The van der Waals surface area contributed by atoms with Gasteiger partial charge in [-0.2, -0.15) is 0 Å². The number of ether oxygens (including phenoxy) is 2. The number of aromatic nitrogens is 2. The van der Waals surface area contributed by atoms with E-state index >= 15 is 0 Å². The number of hydrogen-bond donors (Lipinski definition) is 2. The summed E-state index contributed by atoms with van der Waals surface area (Å²) in [4.78, 5) is 22.4. The van der Waals surface area contributed by atoms with Gasteiger partial charge >= 0.3 is 0 Å². The Kier molecular flexibility index (Phi) is 9.11. The lowest BCUT2D eigenvalue weighted by molar-refractivity contribution is 0.0955. The summed E-state index contributed by atoms with van der Waals surface area (Å²) in [6, 6.07) is 15.6. The third-order valence-electron chi connectivity index (χ3n) is 6.26. The first kappa shape index (κ1) is 28.0. The SMILES string of the molecule is CCCCNS(=O)(=O)c1ccc2nc(-c3cccnc3)cc(C(=O)NCCc3ccc(OC)c(OC)c3)c2c1. The zero-order chi connectivity index (χ0) is 27.8. The van der Waals surface area contributed by atoms with Crippen molar-refractivity contribution in [3.8, 4) is 22.8 Å². The Labute approximate surface area is 228 Å². The Morgan fingerprint density at radius 1 is 0.974 bits per heavy atom. The quantitative estimate of drug-likeness (QED) is 0.252. The molecular weight excluding hydrogens is 516 g/mol. The molecule has 0 aliphatic heterocycles. The van der Waals surface area contributed by atoms with Gasteiger partial charge < -0.3 is 14.8 Å². The molecule has 0 saturated heterocycles. The minimum atomic E-state index is -3.74. The second kappa shape index (κ2) is 12.7. The predicted molar refractivity (Wildman–Crippen MR) is 151 cm³/mol. The Bertz CT molecular complexity index is 1560. The highest BCUT2D eigenvalue weighted by molar-refractivity contribution is 7.89. The second-order valence-electron chi connectivity index (χ2n) is 8.92. The van der Waals surface area contributed by atoms with Gasteiger partial charge in [0, 0.05) is 36.4 Å². The average Bonchev–Trinajstić information content (AvgIpc) is 2.96. The maximum Gasteiger partial charge on any atom is 0.252 e. The fraction of sp³-hybridized carbons (Fsp3) is 0.276. The molecule has 4 rings (SSSR count). The standard InChI is InChI=1S/C29H32N4O5S/c1-4-5-14-32-39(35,36)22-9-10-25-23(17-22)24(18-26(33-25)21-7-6-13-30-19-21)29(34)31-15-12-20-8-11-27(37-2)28(16-20)38-3/h6-11,13,16-19,32H,4-5,12,14-15H2,1-3H3,(H,31,34). The number of nitrogens with one attached hydrogen (secondary N) is 2. The molecule has 0 unspecified atom stereocenters. The van der Waals surface area contributed by atoms with Gasteiger partial charge in [-0.05, 0) is 66.9 Å². The number of amides is 1. The summed E-state index contributed by atoms with van der Waals surface area (Å²) in [7, 11) is -0.583. The number of fused-ring (bicyclic) bond motifs is 1. The molecule has 0 spiro atoms. The maximum atomic E-state index is 13.5. The highest BCUT2D eigenvalue weighted by Gasteiger charge is 2.19. The van der Waals surface area contributed by atoms with Crippen molar-refractivity contribution in [2.45, 2.75) is 31.1 Å². The first-order valence-corrected chi connectivity index (χ1v) is 14.2. The minimum Gasteiger partial charge on any atom is -0.493 e. The molecule has 9 nitrogen and oxygen atoms in total. The van der Waals surface area contributed by atoms with Crippen LogP contribution in [0.4, 0.5) is 0 Å². The number of nitrogens with zero attached hydrogens (tertiary/aromatic N) is 2. The van der Waals surface area contributed by atoms with Crippen LogP contribution >= 0.6 is 0 Å². The molecule has 4 aromatic rings. The molecule has 0 aliphatic rings. The molecule has 0 bridgehead atoms. The van der Waals surface area contributed by atoms with Crippen LogP contribution < -0.4 is 19.5 Å². The van der Waals surface area contributed by atoms with Gasteiger partial charge in [-0.1, -0.05) is 19.4 Å². The topological polar surface area (TPSA) is 120 Å². The molecule has 10 heteroatoms. The maximum absolute atomic E-state index is 13.5. The molecule has 0 aliphatic carbocycles. The highest BCUT2D eigenvalue weighted by Crippen LogP contribution is 2.28. The lowest BCUT2D eigenvalue weighted by atomic mass is 10.0. The Hall–Kier alpha value is -4.02. The molecule has 2 heterocycles. The third-order valence-corrected chi connectivity index (χ3v) is 7.72. The van der Waals surface area contributed by atoms with Gasteiger partial charge in [0.05, 0.1) is 35.9 Å². The number of carbonyl (C=O) groups is 1. The summed E-state index contributed by atoms with van der Waals surface area (Å²) in [6.45, 7) is 2.70.